The number of halogens is 2. The molecule has 0 aliphatic heterocycles. The van der Waals surface area contributed by atoms with Crippen molar-refractivity contribution in [2.24, 2.45) is 0 Å². The summed E-state index contributed by atoms with van der Waals surface area (Å²) in [5.41, 5.74) is 0.228. The number of nitrogens with zero attached hydrogens (tertiary/aromatic N) is 1. The molecule has 0 unspecified atom stereocenters. The molecule has 0 bridgehead atoms. The third-order valence-corrected chi connectivity index (χ3v) is 3.06. The highest BCUT2D eigenvalue weighted by Gasteiger charge is 2.16. The summed E-state index contributed by atoms with van der Waals surface area (Å²) in [5.74, 6) is -0.646. The number of amides is 1. The Bertz CT molecular complexity index is 392. The SMILES string of the molecule is CCN(CCCO)C(=O)Cc1c(F)cccc1Cl. The van der Waals surface area contributed by atoms with Crippen LogP contribution in [0.4, 0.5) is 4.39 Å². The molecule has 5 heteroatoms. The quantitative estimate of drug-likeness (QED) is 0.864. The van der Waals surface area contributed by atoms with E-state index in [4.69, 9.17) is 16.7 Å². The van der Waals surface area contributed by atoms with Crippen LogP contribution in [0.15, 0.2) is 18.2 Å². The summed E-state index contributed by atoms with van der Waals surface area (Å²) in [6.07, 6.45) is 0.468. The van der Waals surface area contributed by atoms with Crippen LogP contribution in [0.2, 0.25) is 5.02 Å². The Morgan fingerprint density at radius 2 is 2.22 bits per heavy atom. The standard InChI is InChI=1S/C13H17ClFNO2/c1-2-16(7-4-8-17)13(18)9-10-11(14)5-3-6-12(10)15/h3,5-6,17H,2,4,7-9H2,1H3. The van der Waals surface area contributed by atoms with Crippen molar-refractivity contribution in [3.63, 3.8) is 0 Å². The number of aliphatic hydroxyl groups is 1. The van der Waals surface area contributed by atoms with Crippen LogP contribution in [0.25, 0.3) is 0 Å². The number of hydrogen-bond donors (Lipinski definition) is 1. The van der Waals surface area contributed by atoms with Gasteiger partial charge in [0, 0.05) is 30.3 Å². The fraction of sp³-hybridized carbons (Fsp3) is 0.462. The number of rotatable bonds is 6. The lowest BCUT2D eigenvalue weighted by atomic mass is 10.1. The summed E-state index contributed by atoms with van der Waals surface area (Å²) in [4.78, 5) is 13.6. The second-order valence-electron chi connectivity index (χ2n) is 3.93. The van der Waals surface area contributed by atoms with Gasteiger partial charge in [0.1, 0.15) is 5.82 Å². The minimum absolute atomic E-state index is 0.0320. The van der Waals surface area contributed by atoms with Crippen LogP contribution < -0.4 is 0 Å². The molecule has 1 aromatic carbocycles. The Morgan fingerprint density at radius 3 is 2.78 bits per heavy atom. The fourth-order valence-electron chi connectivity index (χ4n) is 1.68. The maximum absolute atomic E-state index is 13.5. The van der Waals surface area contributed by atoms with E-state index in [2.05, 4.69) is 0 Å². The molecule has 1 amide bonds. The van der Waals surface area contributed by atoms with E-state index in [0.29, 0.717) is 19.5 Å². The molecule has 0 aliphatic carbocycles. The van der Waals surface area contributed by atoms with Crippen LogP contribution in [0.3, 0.4) is 0 Å². The van der Waals surface area contributed by atoms with E-state index >= 15 is 0 Å². The molecule has 0 aromatic heterocycles. The molecule has 0 saturated carbocycles. The van der Waals surface area contributed by atoms with Crippen LogP contribution >= 0.6 is 11.6 Å². The smallest absolute Gasteiger partial charge is 0.227 e. The van der Waals surface area contributed by atoms with Gasteiger partial charge in [-0.05, 0) is 25.5 Å². The van der Waals surface area contributed by atoms with Crippen molar-refractivity contribution in [2.75, 3.05) is 19.7 Å². The maximum atomic E-state index is 13.5. The molecule has 1 aromatic rings. The number of hydrogen-bond acceptors (Lipinski definition) is 2. The van der Waals surface area contributed by atoms with Gasteiger partial charge in [0.05, 0.1) is 6.42 Å². The Balaban J connectivity index is 2.73. The zero-order valence-corrected chi connectivity index (χ0v) is 11.1. The van der Waals surface area contributed by atoms with Crippen LogP contribution in [0.5, 0.6) is 0 Å². The van der Waals surface area contributed by atoms with Crippen LogP contribution in [0.1, 0.15) is 18.9 Å². The lowest BCUT2D eigenvalue weighted by molar-refractivity contribution is -0.130. The Hall–Kier alpha value is -1.13. The zero-order valence-electron chi connectivity index (χ0n) is 10.3. The van der Waals surface area contributed by atoms with Crippen LogP contribution in [-0.2, 0) is 11.2 Å². The van der Waals surface area contributed by atoms with Gasteiger partial charge in [0.2, 0.25) is 5.91 Å². The zero-order chi connectivity index (χ0) is 13.5. The van der Waals surface area contributed by atoms with Gasteiger partial charge in [-0.3, -0.25) is 4.79 Å². The molecular formula is C13H17ClFNO2. The van der Waals surface area contributed by atoms with E-state index in [-0.39, 0.29) is 29.5 Å². The molecule has 0 radical (unpaired) electrons. The van der Waals surface area contributed by atoms with Gasteiger partial charge < -0.3 is 10.0 Å². The molecule has 0 fully saturated rings. The lowest BCUT2D eigenvalue weighted by Gasteiger charge is -2.20. The van der Waals surface area contributed by atoms with Crippen molar-refractivity contribution in [2.45, 2.75) is 19.8 Å². The Morgan fingerprint density at radius 1 is 1.50 bits per heavy atom. The van der Waals surface area contributed by atoms with Gasteiger partial charge in [-0.2, -0.15) is 0 Å². The number of likely N-dealkylation sites (N-methyl/N-ethyl adjacent to an activating group) is 1. The van der Waals surface area contributed by atoms with E-state index in [0.717, 1.165) is 0 Å². The predicted octanol–water partition coefficient (Wildman–Crippen LogP) is 2.25. The monoisotopic (exact) mass is 273 g/mol. The number of carbonyl (C=O) groups excluding carboxylic acids is 1. The number of carbonyl (C=O) groups is 1. The normalized spacial score (nSPS) is 10.4. The second-order valence-corrected chi connectivity index (χ2v) is 4.33. The lowest BCUT2D eigenvalue weighted by Crippen LogP contribution is -2.33. The molecule has 18 heavy (non-hydrogen) atoms. The molecular weight excluding hydrogens is 257 g/mol. The first-order valence-corrected chi connectivity index (χ1v) is 6.29. The predicted molar refractivity (Wildman–Crippen MR) is 69.1 cm³/mol. The van der Waals surface area contributed by atoms with Gasteiger partial charge in [-0.25, -0.2) is 4.39 Å². The molecule has 0 aliphatic rings. The minimum Gasteiger partial charge on any atom is -0.396 e. The maximum Gasteiger partial charge on any atom is 0.227 e. The van der Waals surface area contributed by atoms with E-state index in [1.54, 1.807) is 11.0 Å². The van der Waals surface area contributed by atoms with E-state index in [1.165, 1.54) is 12.1 Å². The van der Waals surface area contributed by atoms with Gasteiger partial charge in [0.15, 0.2) is 0 Å². The molecule has 3 nitrogen and oxygen atoms in total. The first-order chi connectivity index (χ1) is 8.60. The van der Waals surface area contributed by atoms with Crippen molar-refractivity contribution in [1.82, 2.24) is 4.90 Å². The Kier molecular flexibility index (Phi) is 6.09. The number of benzene rings is 1. The fourth-order valence-corrected chi connectivity index (χ4v) is 1.91. The second kappa shape index (κ2) is 7.34. The Labute approximate surface area is 111 Å². The van der Waals surface area contributed by atoms with Crippen molar-refractivity contribution < 1.29 is 14.3 Å². The molecule has 0 atom stereocenters. The highest BCUT2D eigenvalue weighted by Crippen LogP contribution is 2.20. The van der Waals surface area contributed by atoms with Gasteiger partial charge in [-0.15, -0.1) is 0 Å². The summed E-state index contributed by atoms with van der Waals surface area (Å²) in [5, 5.41) is 9.02. The first kappa shape index (κ1) is 14.9. The topological polar surface area (TPSA) is 40.5 Å². The average molecular weight is 274 g/mol. The van der Waals surface area contributed by atoms with Crippen molar-refractivity contribution in [1.29, 1.82) is 0 Å². The third-order valence-electron chi connectivity index (χ3n) is 2.71. The molecule has 0 heterocycles. The van der Waals surface area contributed by atoms with Gasteiger partial charge in [0.25, 0.3) is 0 Å². The van der Waals surface area contributed by atoms with E-state index < -0.39 is 5.82 Å². The van der Waals surface area contributed by atoms with Crippen molar-refractivity contribution in [3.05, 3.63) is 34.6 Å². The largest absolute Gasteiger partial charge is 0.396 e. The highest BCUT2D eigenvalue weighted by atomic mass is 35.5. The minimum atomic E-state index is -0.464. The summed E-state index contributed by atoms with van der Waals surface area (Å²) in [7, 11) is 0. The van der Waals surface area contributed by atoms with Gasteiger partial charge >= 0.3 is 0 Å². The summed E-state index contributed by atoms with van der Waals surface area (Å²) < 4.78 is 13.5. The van der Waals surface area contributed by atoms with Gasteiger partial charge in [-0.1, -0.05) is 17.7 Å². The highest BCUT2D eigenvalue weighted by molar-refractivity contribution is 6.31. The molecule has 1 rings (SSSR count). The summed E-state index contributed by atoms with van der Waals surface area (Å²) in [6.45, 7) is 2.88. The van der Waals surface area contributed by atoms with Crippen molar-refractivity contribution >= 4 is 17.5 Å². The van der Waals surface area contributed by atoms with E-state index in [1.807, 2.05) is 6.92 Å². The number of aliphatic hydroxyl groups excluding tert-OH is 1. The summed E-state index contributed by atoms with van der Waals surface area (Å²) in [6, 6.07) is 4.37. The first-order valence-electron chi connectivity index (χ1n) is 5.91. The average Bonchev–Trinajstić information content (AvgIpc) is 2.35. The molecule has 0 saturated heterocycles. The van der Waals surface area contributed by atoms with Crippen LogP contribution in [0, 0.1) is 5.82 Å². The van der Waals surface area contributed by atoms with Crippen LogP contribution in [-0.4, -0.2) is 35.6 Å². The third kappa shape index (κ3) is 3.96. The molecule has 100 valence electrons. The summed E-state index contributed by atoms with van der Waals surface area (Å²) >= 11 is 5.88. The molecule has 1 N–H and O–H groups in total. The molecule has 0 spiro atoms. The van der Waals surface area contributed by atoms with E-state index in [9.17, 15) is 9.18 Å². The van der Waals surface area contributed by atoms with Crippen molar-refractivity contribution in [3.8, 4) is 0 Å².